The Labute approximate surface area is 207 Å². The maximum Gasteiger partial charge on any atom is 0.270 e. The monoisotopic (exact) mass is 478 g/mol. The van der Waals surface area contributed by atoms with Crippen LogP contribution in [0.4, 0.5) is 0 Å². The van der Waals surface area contributed by atoms with Crippen LogP contribution >= 0.6 is 0 Å². The maximum absolute atomic E-state index is 12.9. The molecule has 0 saturated carbocycles. The Morgan fingerprint density at radius 2 is 1.94 bits per heavy atom. The molecule has 0 aliphatic heterocycles. The van der Waals surface area contributed by atoms with Gasteiger partial charge in [0.15, 0.2) is 0 Å². The number of rotatable bonds is 6. The van der Waals surface area contributed by atoms with Gasteiger partial charge in [-0.2, -0.15) is 5.21 Å². The molecule has 2 heterocycles. The molecule has 178 valence electrons. The summed E-state index contributed by atoms with van der Waals surface area (Å²) in [5.41, 5.74) is 5.08. The van der Waals surface area contributed by atoms with Gasteiger partial charge in [-0.15, -0.1) is 16.1 Å². The standard InChI is InChI=1S/C26H22N8O2/c1-2-4-16-5-3-6-17(11-16)14-27-25(35)22-13-23(29-15-28-22)26(36)30-21-10-8-18-12-19(7-9-20(18)21)24-31-33-34-32-24/h3,5-7,9,11-13,15,21H,8,10,14H2,1H3,(H,27,35)(H,30,36)(H,31,32,33,34)/t21-/m1/s1. The molecule has 1 aliphatic carbocycles. The molecule has 0 saturated heterocycles. The van der Waals surface area contributed by atoms with Crippen LogP contribution in [-0.2, 0) is 13.0 Å². The third kappa shape index (κ3) is 4.95. The number of H-pyrrole nitrogens is 1. The van der Waals surface area contributed by atoms with E-state index >= 15 is 0 Å². The SMILES string of the molecule is CC#Cc1cccc(CNC(=O)c2cc(C(=O)N[C@@H]3CCc4cc(-c5nn[nH]n5)ccc43)ncn2)c1. The average Bonchev–Trinajstić information content (AvgIpc) is 3.58. The van der Waals surface area contributed by atoms with Gasteiger partial charge in [-0.3, -0.25) is 9.59 Å². The van der Waals surface area contributed by atoms with Crippen molar-refractivity contribution in [1.29, 1.82) is 0 Å². The van der Waals surface area contributed by atoms with Crippen molar-refractivity contribution in [2.45, 2.75) is 32.4 Å². The minimum absolute atomic E-state index is 0.122. The van der Waals surface area contributed by atoms with Gasteiger partial charge in [-0.25, -0.2) is 9.97 Å². The van der Waals surface area contributed by atoms with Crippen LogP contribution in [0.3, 0.4) is 0 Å². The van der Waals surface area contributed by atoms with E-state index < -0.39 is 5.91 Å². The molecule has 10 heteroatoms. The minimum atomic E-state index is -0.390. The number of nitrogens with zero attached hydrogens (tertiary/aromatic N) is 5. The number of tetrazole rings is 1. The van der Waals surface area contributed by atoms with Gasteiger partial charge >= 0.3 is 0 Å². The zero-order valence-electron chi connectivity index (χ0n) is 19.4. The third-order valence-electron chi connectivity index (χ3n) is 5.91. The second kappa shape index (κ2) is 10.1. The number of carbonyl (C=O) groups is 2. The number of carbonyl (C=O) groups excluding carboxylic acids is 2. The molecule has 5 rings (SSSR count). The fraction of sp³-hybridized carbons (Fsp3) is 0.192. The van der Waals surface area contributed by atoms with Crippen LogP contribution in [0.15, 0.2) is 54.9 Å². The molecular formula is C26H22N8O2. The topological polar surface area (TPSA) is 138 Å². The molecule has 0 spiro atoms. The molecule has 2 aromatic carbocycles. The molecule has 0 fully saturated rings. The molecule has 4 aromatic rings. The lowest BCUT2D eigenvalue weighted by atomic mass is 10.0. The number of hydrogen-bond acceptors (Lipinski definition) is 7. The lowest BCUT2D eigenvalue weighted by Gasteiger charge is -2.14. The second-order valence-corrected chi connectivity index (χ2v) is 8.26. The molecule has 0 bridgehead atoms. The van der Waals surface area contributed by atoms with Crippen LogP contribution < -0.4 is 10.6 Å². The number of hydrogen-bond donors (Lipinski definition) is 3. The summed E-state index contributed by atoms with van der Waals surface area (Å²) < 4.78 is 0. The molecule has 3 N–H and O–H groups in total. The molecule has 1 aliphatic rings. The van der Waals surface area contributed by atoms with E-state index in [2.05, 4.69) is 53.1 Å². The van der Waals surface area contributed by atoms with Gasteiger partial charge in [0.25, 0.3) is 11.8 Å². The van der Waals surface area contributed by atoms with E-state index in [0.717, 1.165) is 40.7 Å². The lowest BCUT2D eigenvalue weighted by molar-refractivity contribution is 0.0931. The summed E-state index contributed by atoms with van der Waals surface area (Å²) in [4.78, 5) is 33.7. The van der Waals surface area contributed by atoms with Crippen LogP contribution in [0.1, 0.15) is 62.6 Å². The summed E-state index contributed by atoms with van der Waals surface area (Å²) in [5, 5.41) is 19.9. The van der Waals surface area contributed by atoms with Crippen molar-refractivity contribution in [2.75, 3.05) is 0 Å². The van der Waals surface area contributed by atoms with Crippen molar-refractivity contribution in [1.82, 2.24) is 41.2 Å². The number of nitrogens with one attached hydrogen (secondary N) is 3. The van der Waals surface area contributed by atoms with E-state index in [4.69, 9.17) is 0 Å². The van der Waals surface area contributed by atoms with E-state index in [1.807, 2.05) is 42.5 Å². The van der Waals surface area contributed by atoms with Crippen molar-refractivity contribution < 1.29 is 9.59 Å². The Hall–Kier alpha value is -4.91. The number of aryl methyl sites for hydroxylation is 1. The highest BCUT2D eigenvalue weighted by molar-refractivity contribution is 5.97. The second-order valence-electron chi connectivity index (χ2n) is 8.26. The Bertz CT molecular complexity index is 1490. The Morgan fingerprint density at radius 3 is 2.75 bits per heavy atom. The molecule has 2 aromatic heterocycles. The Kier molecular flexibility index (Phi) is 6.44. The van der Waals surface area contributed by atoms with Crippen molar-refractivity contribution in [3.63, 3.8) is 0 Å². The number of amides is 2. The molecule has 1 atom stereocenters. The van der Waals surface area contributed by atoms with E-state index in [-0.39, 0.29) is 23.3 Å². The quantitative estimate of drug-likeness (QED) is 0.362. The van der Waals surface area contributed by atoms with Crippen LogP contribution in [-0.4, -0.2) is 42.4 Å². The molecular weight excluding hydrogens is 456 g/mol. The van der Waals surface area contributed by atoms with Gasteiger partial charge in [-0.1, -0.05) is 30.2 Å². The van der Waals surface area contributed by atoms with E-state index in [0.29, 0.717) is 12.4 Å². The first-order valence-electron chi connectivity index (χ1n) is 11.4. The van der Waals surface area contributed by atoms with Crippen molar-refractivity contribution in [3.05, 3.63) is 88.5 Å². The van der Waals surface area contributed by atoms with Gasteiger partial charge in [0.05, 0.1) is 6.04 Å². The zero-order chi connectivity index (χ0) is 24.9. The van der Waals surface area contributed by atoms with Crippen molar-refractivity contribution >= 4 is 11.8 Å². The van der Waals surface area contributed by atoms with Crippen LogP contribution in [0, 0.1) is 11.8 Å². The highest BCUT2D eigenvalue weighted by Gasteiger charge is 2.26. The normalized spacial score (nSPS) is 13.9. The summed E-state index contributed by atoms with van der Waals surface area (Å²) >= 11 is 0. The first kappa shape index (κ1) is 22.9. The predicted molar refractivity (Wildman–Crippen MR) is 130 cm³/mol. The first-order valence-corrected chi connectivity index (χ1v) is 11.4. The zero-order valence-corrected chi connectivity index (χ0v) is 19.4. The predicted octanol–water partition coefficient (Wildman–Crippen LogP) is 2.38. The summed E-state index contributed by atoms with van der Waals surface area (Å²) in [7, 11) is 0. The lowest BCUT2D eigenvalue weighted by Crippen LogP contribution is -2.29. The van der Waals surface area contributed by atoms with Gasteiger partial charge < -0.3 is 10.6 Å². The average molecular weight is 479 g/mol. The van der Waals surface area contributed by atoms with Gasteiger partial charge in [0.1, 0.15) is 17.7 Å². The fourth-order valence-electron chi connectivity index (χ4n) is 4.20. The third-order valence-corrected chi connectivity index (χ3v) is 5.91. The van der Waals surface area contributed by atoms with E-state index in [1.54, 1.807) is 6.92 Å². The highest BCUT2D eigenvalue weighted by atomic mass is 16.2. The summed E-state index contributed by atoms with van der Waals surface area (Å²) in [6.45, 7) is 2.09. The largest absolute Gasteiger partial charge is 0.347 e. The minimum Gasteiger partial charge on any atom is -0.347 e. The van der Waals surface area contributed by atoms with Crippen LogP contribution in [0.2, 0.25) is 0 Å². The highest BCUT2D eigenvalue weighted by Crippen LogP contribution is 2.33. The first-order chi connectivity index (χ1) is 17.6. The molecule has 0 unspecified atom stereocenters. The number of fused-ring (bicyclic) bond motifs is 1. The summed E-state index contributed by atoms with van der Waals surface area (Å²) in [6.07, 6.45) is 2.80. The van der Waals surface area contributed by atoms with Crippen LogP contribution in [0.5, 0.6) is 0 Å². The Morgan fingerprint density at radius 1 is 1.08 bits per heavy atom. The van der Waals surface area contributed by atoms with E-state index in [1.165, 1.54) is 12.4 Å². The van der Waals surface area contributed by atoms with Crippen molar-refractivity contribution in [3.8, 4) is 23.2 Å². The molecule has 10 nitrogen and oxygen atoms in total. The molecule has 36 heavy (non-hydrogen) atoms. The number of aromatic nitrogens is 6. The van der Waals surface area contributed by atoms with Crippen LogP contribution in [0.25, 0.3) is 11.4 Å². The van der Waals surface area contributed by atoms with Crippen molar-refractivity contribution in [2.24, 2.45) is 0 Å². The molecule has 0 radical (unpaired) electrons. The fourth-order valence-corrected chi connectivity index (χ4v) is 4.20. The molecule has 2 amide bonds. The van der Waals surface area contributed by atoms with E-state index in [9.17, 15) is 9.59 Å². The smallest absolute Gasteiger partial charge is 0.270 e. The van der Waals surface area contributed by atoms with Gasteiger partial charge in [0, 0.05) is 23.7 Å². The summed E-state index contributed by atoms with van der Waals surface area (Å²) in [5.74, 6) is 5.63. The number of benzene rings is 2. The summed E-state index contributed by atoms with van der Waals surface area (Å²) in [6, 6.07) is 14.8. The maximum atomic E-state index is 12.9. The Balaban J connectivity index is 1.23. The van der Waals surface area contributed by atoms with Gasteiger partial charge in [0.2, 0.25) is 5.82 Å². The number of aromatic amines is 1. The van der Waals surface area contributed by atoms with Gasteiger partial charge in [-0.05, 0) is 59.9 Å².